The molecule has 1 amide bonds. The second-order valence-electron chi connectivity index (χ2n) is 4.65. The zero-order valence-corrected chi connectivity index (χ0v) is 15.0. The molecule has 1 aromatic carbocycles. The summed E-state index contributed by atoms with van der Waals surface area (Å²) >= 11 is 4.77. The highest BCUT2D eigenvalue weighted by molar-refractivity contribution is 9.10. The number of anilines is 1. The van der Waals surface area contributed by atoms with E-state index in [1.807, 2.05) is 13.0 Å². The van der Waals surface area contributed by atoms with Crippen molar-refractivity contribution in [2.24, 2.45) is 0 Å². The number of hydrogen-bond donors (Lipinski definition) is 1. The average molecular weight is 384 g/mol. The Morgan fingerprint density at radius 2 is 2.18 bits per heavy atom. The quantitative estimate of drug-likeness (QED) is 0.724. The van der Waals surface area contributed by atoms with Gasteiger partial charge in [-0.15, -0.1) is 10.2 Å². The molecule has 0 fully saturated rings. The van der Waals surface area contributed by atoms with Crippen molar-refractivity contribution in [1.82, 2.24) is 10.2 Å². The first-order valence-electron chi connectivity index (χ1n) is 7.20. The van der Waals surface area contributed by atoms with Crippen LogP contribution in [0.4, 0.5) is 5.13 Å². The highest BCUT2D eigenvalue weighted by Gasteiger charge is 2.15. The molecule has 0 atom stereocenters. The van der Waals surface area contributed by atoms with Crippen LogP contribution in [-0.4, -0.2) is 22.7 Å². The Hall–Kier alpha value is -1.47. The maximum Gasteiger partial charge on any atom is 0.261 e. The van der Waals surface area contributed by atoms with Crippen molar-refractivity contribution in [2.45, 2.75) is 33.1 Å². The predicted molar refractivity (Wildman–Crippen MR) is 91.8 cm³/mol. The van der Waals surface area contributed by atoms with Gasteiger partial charge in [-0.3, -0.25) is 10.1 Å². The van der Waals surface area contributed by atoms with Crippen molar-refractivity contribution in [3.63, 3.8) is 0 Å². The Labute approximate surface area is 142 Å². The fraction of sp³-hybridized carbons (Fsp3) is 0.400. The maximum atomic E-state index is 12.4. The van der Waals surface area contributed by atoms with Gasteiger partial charge in [0.2, 0.25) is 5.13 Å². The number of nitrogens with one attached hydrogen (secondary N) is 1. The van der Waals surface area contributed by atoms with E-state index in [-0.39, 0.29) is 5.91 Å². The molecule has 0 unspecified atom stereocenters. The van der Waals surface area contributed by atoms with Crippen molar-refractivity contribution >= 4 is 38.3 Å². The Morgan fingerprint density at radius 3 is 2.86 bits per heavy atom. The van der Waals surface area contributed by atoms with Crippen LogP contribution in [0.15, 0.2) is 22.7 Å². The van der Waals surface area contributed by atoms with Crippen molar-refractivity contribution in [3.05, 3.63) is 33.2 Å². The third-order valence-electron chi connectivity index (χ3n) is 2.93. The van der Waals surface area contributed by atoms with Crippen LogP contribution in [0.3, 0.4) is 0 Å². The third kappa shape index (κ3) is 4.51. The number of amides is 1. The lowest BCUT2D eigenvalue weighted by Crippen LogP contribution is -2.14. The van der Waals surface area contributed by atoms with E-state index < -0.39 is 0 Å². The van der Waals surface area contributed by atoms with E-state index in [4.69, 9.17) is 4.74 Å². The molecule has 1 N–H and O–H groups in total. The van der Waals surface area contributed by atoms with E-state index in [0.29, 0.717) is 23.1 Å². The van der Waals surface area contributed by atoms with Crippen LogP contribution >= 0.6 is 27.3 Å². The van der Waals surface area contributed by atoms with Gasteiger partial charge in [-0.1, -0.05) is 47.5 Å². The number of ether oxygens (including phenoxy) is 1. The molecule has 1 aromatic heterocycles. The summed E-state index contributed by atoms with van der Waals surface area (Å²) in [5.74, 6) is 0.334. The Balaban J connectivity index is 2.14. The van der Waals surface area contributed by atoms with Gasteiger partial charge in [-0.25, -0.2) is 0 Å². The van der Waals surface area contributed by atoms with E-state index in [0.717, 1.165) is 28.7 Å². The molecule has 7 heteroatoms. The van der Waals surface area contributed by atoms with Gasteiger partial charge in [0.1, 0.15) is 10.8 Å². The van der Waals surface area contributed by atoms with Crippen LogP contribution in [0.5, 0.6) is 5.75 Å². The van der Waals surface area contributed by atoms with Gasteiger partial charge < -0.3 is 4.74 Å². The minimum absolute atomic E-state index is 0.244. The van der Waals surface area contributed by atoms with Gasteiger partial charge >= 0.3 is 0 Å². The summed E-state index contributed by atoms with van der Waals surface area (Å²) in [5.41, 5.74) is 0.485. The van der Waals surface area contributed by atoms with Crippen LogP contribution in [0.25, 0.3) is 0 Å². The number of unbranched alkanes of at least 4 members (excludes halogenated alkanes) is 1. The smallest absolute Gasteiger partial charge is 0.261 e. The molecule has 0 radical (unpaired) electrons. The maximum absolute atomic E-state index is 12.4. The van der Waals surface area contributed by atoms with Gasteiger partial charge in [0, 0.05) is 4.47 Å². The molecular weight excluding hydrogens is 366 g/mol. The normalized spacial score (nSPS) is 10.5. The molecule has 0 aliphatic carbocycles. The van der Waals surface area contributed by atoms with Crippen LogP contribution < -0.4 is 10.1 Å². The van der Waals surface area contributed by atoms with Crippen molar-refractivity contribution in [2.75, 3.05) is 11.9 Å². The molecule has 0 spiro atoms. The van der Waals surface area contributed by atoms with Crippen molar-refractivity contribution < 1.29 is 9.53 Å². The minimum Gasteiger partial charge on any atom is -0.493 e. The molecule has 2 aromatic rings. The number of benzene rings is 1. The molecule has 0 saturated heterocycles. The molecule has 0 aliphatic rings. The molecule has 118 valence electrons. The average Bonchev–Trinajstić information content (AvgIpc) is 2.96. The fourth-order valence-electron chi connectivity index (χ4n) is 1.74. The summed E-state index contributed by atoms with van der Waals surface area (Å²) in [6, 6.07) is 5.41. The second kappa shape index (κ2) is 8.24. The lowest BCUT2D eigenvalue weighted by Gasteiger charge is -2.11. The number of rotatable bonds is 7. The predicted octanol–water partition coefficient (Wildman–Crippen LogP) is 4.29. The lowest BCUT2D eigenvalue weighted by atomic mass is 10.2. The number of aromatic nitrogens is 2. The first-order chi connectivity index (χ1) is 10.6. The number of aryl methyl sites for hydroxylation is 1. The van der Waals surface area contributed by atoms with E-state index in [1.54, 1.807) is 12.1 Å². The number of carbonyl (C=O) groups is 1. The first-order valence-corrected chi connectivity index (χ1v) is 8.81. The van der Waals surface area contributed by atoms with E-state index in [9.17, 15) is 4.79 Å². The summed E-state index contributed by atoms with van der Waals surface area (Å²) in [4.78, 5) is 12.4. The molecular formula is C15H18BrN3O2S. The van der Waals surface area contributed by atoms with Gasteiger partial charge in [0.25, 0.3) is 5.91 Å². The van der Waals surface area contributed by atoms with Gasteiger partial charge in [0.15, 0.2) is 0 Å². The van der Waals surface area contributed by atoms with Crippen molar-refractivity contribution in [3.8, 4) is 5.75 Å². The number of nitrogens with zero attached hydrogens (tertiary/aromatic N) is 2. The van der Waals surface area contributed by atoms with Crippen LogP contribution in [0, 0.1) is 0 Å². The van der Waals surface area contributed by atoms with Crippen molar-refractivity contribution in [1.29, 1.82) is 0 Å². The monoisotopic (exact) mass is 383 g/mol. The zero-order chi connectivity index (χ0) is 15.9. The molecule has 22 heavy (non-hydrogen) atoms. The van der Waals surface area contributed by atoms with E-state index >= 15 is 0 Å². The molecule has 2 rings (SSSR count). The summed E-state index contributed by atoms with van der Waals surface area (Å²) in [5, 5.41) is 12.1. The van der Waals surface area contributed by atoms with Gasteiger partial charge in [-0.2, -0.15) is 0 Å². The standard InChI is InChI=1S/C15H18BrN3O2S/c1-3-5-8-21-12-7-6-10(16)9-11(12)14(20)17-15-19-18-13(4-2)22-15/h6-7,9H,3-5,8H2,1-2H3,(H,17,19,20). The highest BCUT2D eigenvalue weighted by Crippen LogP contribution is 2.25. The van der Waals surface area contributed by atoms with Crippen LogP contribution in [0.2, 0.25) is 0 Å². The highest BCUT2D eigenvalue weighted by atomic mass is 79.9. The SMILES string of the molecule is CCCCOc1ccc(Br)cc1C(=O)Nc1nnc(CC)s1. The first kappa shape index (κ1) is 16.9. The van der Waals surface area contributed by atoms with E-state index in [1.165, 1.54) is 11.3 Å². The van der Waals surface area contributed by atoms with Gasteiger partial charge in [0.05, 0.1) is 12.2 Å². The summed E-state index contributed by atoms with van der Waals surface area (Å²) in [6.45, 7) is 4.69. The third-order valence-corrected chi connectivity index (χ3v) is 4.41. The Morgan fingerprint density at radius 1 is 1.36 bits per heavy atom. The molecule has 0 saturated carbocycles. The molecule has 1 heterocycles. The Kier molecular flexibility index (Phi) is 6.33. The number of carbonyl (C=O) groups excluding carboxylic acids is 1. The molecule has 0 bridgehead atoms. The summed E-state index contributed by atoms with van der Waals surface area (Å²) < 4.78 is 6.53. The molecule has 5 nitrogen and oxygen atoms in total. The Bertz CT molecular complexity index is 645. The number of hydrogen-bond acceptors (Lipinski definition) is 5. The largest absolute Gasteiger partial charge is 0.493 e. The van der Waals surface area contributed by atoms with E-state index in [2.05, 4.69) is 38.4 Å². The zero-order valence-electron chi connectivity index (χ0n) is 12.6. The summed E-state index contributed by atoms with van der Waals surface area (Å²) in [6.07, 6.45) is 2.80. The number of halogens is 1. The van der Waals surface area contributed by atoms with Gasteiger partial charge in [-0.05, 0) is 31.0 Å². The second-order valence-corrected chi connectivity index (χ2v) is 6.63. The van der Waals surface area contributed by atoms with Crippen LogP contribution in [0.1, 0.15) is 42.1 Å². The minimum atomic E-state index is -0.244. The topological polar surface area (TPSA) is 64.1 Å². The lowest BCUT2D eigenvalue weighted by molar-refractivity contribution is 0.102. The van der Waals surface area contributed by atoms with Crippen LogP contribution in [-0.2, 0) is 6.42 Å². The molecule has 0 aliphatic heterocycles. The fourth-order valence-corrected chi connectivity index (χ4v) is 2.78. The summed E-state index contributed by atoms with van der Waals surface area (Å²) in [7, 11) is 0.